The van der Waals surface area contributed by atoms with Gasteiger partial charge in [0.15, 0.2) is 0 Å². The van der Waals surface area contributed by atoms with Gasteiger partial charge in [-0.3, -0.25) is 0 Å². The van der Waals surface area contributed by atoms with E-state index in [4.69, 9.17) is 9.97 Å². The Morgan fingerprint density at radius 2 is 1.53 bits per heavy atom. The fraction of sp³-hybridized carbons (Fsp3) is 0.467. The number of fused-ring (bicyclic) bond motifs is 1. The minimum Gasteiger partial charge on any atom is -0.248 e. The van der Waals surface area contributed by atoms with E-state index in [1.807, 2.05) is 0 Å². The molecular formula is C15H20N2S2. The first-order valence-electron chi connectivity index (χ1n) is 6.43. The summed E-state index contributed by atoms with van der Waals surface area (Å²) in [6, 6.07) is 6.45. The van der Waals surface area contributed by atoms with Crippen molar-refractivity contribution >= 4 is 34.6 Å². The number of aromatic nitrogens is 2. The molecule has 1 heterocycles. The fourth-order valence-electron chi connectivity index (χ4n) is 2.01. The highest BCUT2D eigenvalue weighted by molar-refractivity contribution is 7.98. The number of rotatable bonds is 5. The summed E-state index contributed by atoms with van der Waals surface area (Å²) in [6.45, 7) is 4.42. The van der Waals surface area contributed by atoms with Gasteiger partial charge in [-0.05, 0) is 36.1 Å². The van der Waals surface area contributed by atoms with Gasteiger partial charge in [0.1, 0.15) is 0 Å². The van der Waals surface area contributed by atoms with E-state index in [0.717, 1.165) is 33.9 Å². The van der Waals surface area contributed by atoms with Crippen molar-refractivity contribution in [1.29, 1.82) is 0 Å². The third-order valence-electron chi connectivity index (χ3n) is 3.07. The molecule has 0 saturated carbocycles. The highest BCUT2D eigenvalue weighted by atomic mass is 32.2. The summed E-state index contributed by atoms with van der Waals surface area (Å²) < 4.78 is 0. The Hall–Kier alpha value is -0.740. The van der Waals surface area contributed by atoms with Gasteiger partial charge in [-0.15, -0.1) is 0 Å². The first-order valence-corrected chi connectivity index (χ1v) is 9.21. The van der Waals surface area contributed by atoms with Crippen LogP contribution in [0.2, 0.25) is 0 Å². The molecule has 0 N–H and O–H groups in total. The normalized spacial score (nSPS) is 11.4. The zero-order chi connectivity index (χ0) is 13.8. The number of hydrogen-bond acceptors (Lipinski definition) is 4. The first-order chi connectivity index (χ1) is 9.15. The van der Waals surface area contributed by atoms with E-state index in [0.29, 0.717) is 5.92 Å². The molecule has 4 heteroatoms. The molecule has 1 aromatic carbocycles. The van der Waals surface area contributed by atoms with Gasteiger partial charge in [0.25, 0.3) is 0 Å². The highest BCUT2D eigenvalue weighted by Gasteiger charge is 2.09. The number of benzene rings is 1. The smallest absolute Gasteiger partial charge is 0.0893 e. The molecular weight excluding hydrogens is 272 g/mol. The molecule has 2 rings (SSSR count). The second kappa shape index (κ2) is 6.62. The lowest BCUT2D eigenvalue weighted by Crippen LogP contribution is -2.01. The molecule has 102 valence electrons. The number of nitrogens with zero attached hydrogens (tertiary/aromatic N) is 2. The van der Waals surface area contributed by atoms with E-state index in [2.05, 4.69) is 44.6 Å². The van der Waals surface area contributed by atoms with Gasteiger partial charge < -0.3 is 0 Å². The molecule has 0 bridgehead atoms. The predicted molar refractivity (Wildman–Crippen MR) is 88.1 cm³/mol. The van der Waals surface area contributed by atoms with Crippen LogP contribution < -0.4 is 0 Å². The second-order valence-electron chi connectivity index (χ2n) is 4.89. The Morgan fingerprint density at radius 1 is 0.947 bits per heavy atom. The van der Waals surface area contributed by atoms with Crippen LogP contribution in [0.25, 0.3) is 11.0 Å². The molecule has 0 saturated heterocycles. The third-order valence-corrected chi connectivity index (χ3v) is 4.20. The standard InChI is InChI=1S/C15H20N2S2/c1-10(2)11-5-6-12-13(7-11)17-15(9-19-4)14(16-12)8-18-3/h5-7,10H,8-9H2,1-4H3. The quantitative estimate of drug-likeness (QED) is 0.811. The fourth-order valence-corrected chi connectivity index (χ4v) is 3.02. The van der Waals surface area contributed by atoms with Crippen molar-refractivity contribution in [3.8, 4) is 0 Å². The van der Waals surface area contributed by atoms with Gasteiger partial charge in [0.05, 0.1) is 22.4 Å². The van der Waals surface area contributed by atoms with Crippen LogP contribution in [0.5, 0.6) is 0 Å². The summed E-state index contributed by atoms with van der Waals surface area (Å²) in [5.41, 5.74) is 5.63. The molecule has 1 aromatic heterocycles. The predicted octanol–water partition coefficient (Wildman–Crippen LogP) is 4.48. The minimum absolute atomic E-state index is 0.529. The molecule has 0 radical (unpaired) electrons. The monoisotopic (exact) mass is 292 g/mol. The number of hydrogen-bond donors (Lipinski definition) is 0. The van der Waals surface area contributed by atoms with Crippen LogP contribution in [0.3, 0.4) is 0 Å². The molecule has 2 aromatic rings. The van der Waals surface area contributed by atoms with Crippen molar-refractivity contribution in [2.24, 2.45) is 0 Å². The third kappa shape index (κ3) is 3.42. The largest absolute Gasteiger partial charge is 0.248 e. The van der Waals surface area contributed by atoms with Crippen LogP contribution in [0.15, 0.2) is 18.2 Å². The van der Waals surface area contributed by atoms with Gasteiger partial charge in [0, 0.05) is 11.5 Å². The summed E-state index contributed by atoms with van der Waals surface area (Å²) in [5, 5.41) is 0. The minimum atomic E-state index is 0.529. The summed E-state index contributed by atoms with van der Waals surface area (Å²) in [4.78, 5) is 9.62. The lowest BCUT2D eigenvalue weighted by molar-refractivity contribution is 0.867. The number of thioether (sulfide) groups is 2. The Bertz CT molecular complexity index is 567. The van der Waals surface area contributed by atoms with Crippen molar-refractivity contribution in [1.82, 2.24) is 9.97 Å². The average Bonchev–Trinajstić information content (AvgIpc) is 2.39. The van der Waals surface area contributed by atoms with Crippen molar-refractivity contribution in [3.63, 3.8) is 0 Å². The molecule has 0 aliphatic rings. The molecule has 0 aliphatic carbocycles. The van der Waals surface area contributed by atoms with Gasteiger partial charge in [0.2, 0.25) is 0 Å². The Kier molecular flexibility index (Phi) is 5.11. The SMILES string of the molecule is CSCc1nc2ccc(C(C)C)cc2nc1CSC. The maximum Gasteiger partial charge on any atom is 0.0893 e. The summed E-state index contributed by atoms with van der Waals surface area (Å²) >= 11 is 3.60. The molecule has 0 spiro atoms. The van der Waals surface area contributed by atoms with E-state index < -0.39 is 0 Å². The van der Waals surface area contributed by atoms with Crippen LogP contribution in [0, 0.1) is 0 Å². The lowest BCUT2D eigenvalue weighted by atomic mass is 10.0. The first kappa shape index (κ1) is 14.7. The van der Waals surface area contributed by atoms with E-state index in [-0.39, 0.29) is 0 Å². The van der Waals surface area contributed by atoms with Crippen LogP contribution in [-0.2, 0) is 11.5 Å². The van der Waals surface area contributed by atoms with Crippen molar-refractivity contribution < 1.29 is 0 Å². The molecule has 0 unspecified atom stereocenters. The van der Waals surface area contributed by atoms with Gasteiger partial charge in [-0.25, -0.2) is 9.97 Å². The Balaban J connectivity index is 2.53. The van der Waals surface area contributed by atoms with Gasteiger partial charge in [-0.1, -0.05) is 19.9 Å². The Morgan fingerprint density at radius 3 is 2.05 bits per heavy atom. The molecule has 0 aliphatic heterocycles. The van der Waals surface area contributed by atoms with E-state index in [9.17, 15) is 0 Å². The zero-order valence-corrected chi connectivity index (χ0v) is 13.6. The van der Waals surface area contributed by atoms with Gasteiger partial charge >= 0.3 is 0 Å². The van der Waals surface area contributed by atoms with E-state index >= 15 is 0 Å². The molecule has 0 atom stereocenters. The van der Waals surface area contributed by atoms with Crippen LogP contribution in [0.4, 0.5) is 0 Å². The molecule has 2 nitrogen and oxygen atoms in total. The maximum atomic E-state index is 4.83. The van der Waals surface area contributed by atoms with Crippen LogP contribution in [0.1, 0.15) is 36.7 Å². The van der Waals surface area contributed by atoms with Crippen LogP contribution >= 0.6 is 23.5 Å². The summed E-state index contributed by atoms with van der Waals surface area (Å²) in [5.74, 6) is 2.40. The lowest BCUT2D eigenvalue weighted by Gasteiger charge is -2.10. The summed E-state index contributed by atoms with van der Waals surface area (Å²) in [7, 11) is 0. The van der Waals surface area contributed by atoms with Crippen molar-refractivity contribution in [2.75, 3.05) is 12.5 Å². The average molecular weight is 292 g/mol. The van der Waals surface area contributed by atoms with Crippen molar-refractivity contribution in [3.05, 3.63) is 35.2 Å². The van der Waals surface area contributed by atoms with Gasteiger partial charge in [-0.2, -0.15) is 23.5 Å². The Labute approximate surface area is 123 Å². The second-order valence-corrected chi connectivity index (χ2v) is 6.62. The molecule has 19 heavy (non-hydrogen) atoms. The summed E-state index contributed by atoms with van der Waals surface area (Å²) in [6.07, 6.45) is 4.22. The maximum absolute atomic E-state index is 4.83. The molecule has 0 fully saturated rings. The van der Waals surface area contributed by atoms with E-state index in [1.165, 1.54) is 5.56 Å². The molecule has 0 amide bonds. The van der Waals surface area contributed by atoms with E-state index in [1.54, 1.807) is 23.5 Å². The van der Waals surface area contributed by atoms with Crippen LogP contribution in [-0.4, -0.2) is 22.5 Å². The highest BCUT2D eigenvalue weighted by Crippen LogP contribution is 2.23. The topological polar surface area (TPSA) is 25.8 Å². The van der Waals surface area contributed by atoms with Crippen molar-refractivity contribution in [2.45, 2.75) is 31.3 Å². The zero-order valence-electron chi connectivity index (χ0n) is 11.9.